The van der Waals surface area contributed by atoms with E-state index in [0.29, 0.717) is 35.2 Å². The topological polar surface area (TPSA) is 49.4 Å². The van der Waals surface area contributed by atoms with Gasteiger partial charge in [-0.05, 0) is 23.8 Å². The Morgan fingerprint density at radius 1 is 1.00 bits per heavy atom. The van der Waals surface area contributed by atoms with Gasteiger partial charge in [-0.1, -0.05) is 53.5 Å². The number of halogens is 2. The van der Waals surface area contributed by atoms with Crippen molar-refractivity contribution in [1.82, 2.24) is 10.2 Å². The molecule has 0 bridgehead atoms. The summed E-state index contributed by atoms with van der Waals surface area (Å²) in [5, 5.41) is 3.79. The number of hydrogen-bond acceptors (Lipinski definition) is 2. The van der Waals surface area contributed by atoms with Crippen molar-refractivity contribution in [2.75, 3.05) is 13.1 Å². The van der Waals surface area contributed by atoms with Crippen LogP contribution in [0.25, 0.3) is 0 Å². The van der Waals surface area contributed by atoms with E-state index in [1.165, 1.54) is 6.92 Å². The van der Waals surface area contributed by atoms with Crippen LogP contribution in [0.4, 0.5) is 0 Å². The van der Waals surface area contributed by atoms with Gasteiger partial charge in [-0.25, -0.2) is 0 Å². The third-order valence-corrected chi connectivity index (χ3v) is 4.25. The number of hydrogen-bond donors (Lipinski definition) is 1. The summed E-state index contributed by atoms with van der Waals surface area (Å²) in [6.45, 7) is 2.61. The molecule has 24 heavy (non-hydrogen) atoms. The molecule has 4 nitrogen and oxygen atoms in total. The van der Waals surface area contributed by atoms with E-state index in [1.807, 2.05) is 18.2 Å². The first-order chi connectivity index (χ1) is 11.5. The van der Waals surface area contributed by atoms with E-state index in [0.717, 1.165) is 5.56 Å². The average Bonchev–Trinajstić information content (AvgIpc) is 2.55. The molecule has 0 heterocycles. The molecule has 0 radical (unpaired) electrons. The fourth-order valence-electron chi connectivity index (χ4n) is 2.23. The van der Waals surface area contributed by atoms with E-state index in [-0.39, 0.29) is 11.8 Å². The second-order valence-corrected chi connectivity index (χ2v) is 6.08. The van der Waals surface area contributed by atoms with Gasteiger partial charge in [-0.3, -0.25) is 9.59 Å². The molecule has 0 unspecified atom stereocenters. The Morgan fingerprint density at radius 2 is 1.62 bits per heavy atom. The van der Waals surface area contributed by atoms with Gasteiger partial charge in [0.25, 0.3) is 5.91 Å². The highest BCUT2D eigenvalue weighted by molar-refractivity contribution is 6.33. The van der Waals surface area contributed by atoms with Crippen LogP contribution in [0.2, 0.25) is 10.0 Å². The van der Waals surface area contributed by atoms with Crippen molar-refractivity contribution in [3.63, 3.8) is 0 Å². The van der Waals surface area contributed by atoms with Crippen LogP contribution in [-0.2, 0) is 11.3 Å². The summed E-state index contributed by atoms with van der Waals surface area (Å²) in [6, 6.07) is 14.2. The molecule has 0 spiro atoms. The minimum absolute atomic E-state index is 0.0816. The quantitative estimate of drug-likeness (QED) is 0.847. The molecule has 0 aliphatic rings. The molecule has 0 atom stereocenters. The SMILES string of the molecule is CC(=O)N(CCNC(=O)c1ccccc1Cl)Cc1ccccc1Cl. The van der Waals surface area contributed by atoms with Gasteiger partial charge in [-0.2, -0.15) is 0 Å². The first-order valence-electron chi connectivity index (χ1n) is 7.50. The van der Waals surface area contributed by atoms with Gasteiger partial charge < -0.3 is 10.2 Å². The number of rotatable bonds is 6. The molecule has 2 rings (SSSR count). The summed E-state index contributed by atoms with van der Waals surface area (Å²) in [7, 11) is 0. The second-order valence-electron chi connectivity index (χ2n) is 5.27. The van der Waals surface area contributed by atoms with Crippen LogP contribution >= 0.6 is 23.2 Å². The van der Waals surface area contributed by atoms with Gasteiger partial charge in [0.2, 0.25) is 5.91 Å². The van der Waals surface area contributed by atoms with Crippen LogP contribution in [0.1, 0.15) is 22.8 Å². The lowest BCUT2D eigenvalue weighted by molar-refractivity contribution is -0.129. The van der Waals surface area contributed by atoms with Crippen LogP contribution in [0.3, 0.4) is 0 Å². The van der Waals surface area contributed by atoms with Crippen molar-refractivity contribution >= 4 is 35.0 Å². The Labute approximate surface area is 151 Å². The third kappa shape index (κ3) is 4.98. The number of nitrogens with zero attached hydrogens (tertiary/aromatic N) is 1. The summed E-state index contributed by atoms with van der Waals surface area (Å²) in [4.78, 5) is 25.6. The van der Waals surface area contributed by atoms with Gasteiger partial charge in [-0.15, -0.1) is 0 Å². The lowest BCUT2D eigenvalue weighted by Crippen LogP contribution is -2.37. The summed E-state index contributed by atoms with van der Waals surface area (Å²) < 4.78 is 0. The molecular formula is C18H18Cl2N2O2. The smallest absolute Gasteiger partial charge is 0.252 e. The lowest BCUT2D eigenvalue weighted by Gasteiger charge is -2.22. The Morgan fingerprint density at radius 3 is 2.25 bits per heavy atom. The fraction of sp³-hybridized carbons (Fsp3) is 0.222. The van der Waals surface area contributed by atoms with Crippen molar-refractivity contribution in [2.45, 2.75) is 13.5 Å². The van der Waals surface area contributed by atoms with E-state index in [2.05, 4.69) is 5.32 Å². The average molecular weight is 365 g/mol. The van der Waals surface area contributed by atoms with E-state index in [1.54, 1.807) is 35.2 Å². The molecule has 0 aliphatic carbocycles. The molecule has 2 aromatic rings. The molecule has 0 aromatic heterocycles. The number of carbonyl (C=O) groups is 2. The molecule has 0 saturated carbocycles. The molecule has 2 amide bonds. The van der Waals surface area contributed by atoms with Crippen LogP contribution in [0, 0.1) is 0 Å². The maximum atomic E-state index is 12.1. The van der Waals surface area contributed by atoms with Crippen molar-refractivity contribution < 1.29 is 9.59 Å². The predicted octanol–water partition coefficient (Wildman–Crippen LogP) is 3.77. The van der Waals surface area contributed by atoms with E-state index < -0.39 is 0 Å². The highest BCUT2D eigenvalue weighted by atomic mass is 35.5. The number of amides is 2. The van der Waals surface area contributed by atoms with Crippen LogP contribution in [0.5, 0.6) is 0 Å². The molecular weight excluding hydrogens is 347 g/mol. The first-order valence-corrected chi connectivity index (χ1v) is 8.26. The number of nitrogens with one attached hydrogen (secondary N) is 1. The molecule has 0 saturated heterocycles. The summed E-state index contributed by atoms with van der Waals surface area (Å²) in [5.41, 5.74) is 1.28. The second kappa shape index (κ2) is 8.71. The van der Waals surface area contributed by atoms with Crippen LogP contribution in [0.15, 0.2) is 48.5 Å². The zero-order chi connectivity index (χ0) is 17.5. The number of benzene rings is 2. The Hall–Kier alpha value is -2.04. The zero-order valence-electron chi connectivity index (χ0n) is 13.3. The van der Waals surface area contributed by atoms with Gasteiger partial charge in [0.05, 0.1) is 10.6 Å². The Bertz CT molecular complexity index is 734. The van der Waals surface area contributed by atoms with E-state index in [4.69, 9.17) is 23.2 Å². The summed E-state index contributed by atoms with van der Waals surface area (Å²) >= 11 is 12.1. The van der Waals surface area contributed by atoms with Crippen molar-refractivity contribution in [2.24, 2.45) is 0 Å². The van der Waals surface area contributed by atoms with Gasteiger partial charge in [0.15, 0.2) is 0 Å². The standard InChI is InChI=1S/C18H18Cl2N2O2/c1-13(23)22(12-14-6-2-4-8-16(14)19)11-10-21-18(24)15-7-3-5-9-17(15)20/h2-9H,10-12H2,1H3,(H,21,24). The molecule has 0 fully saturated rings. The van der Waals surface area contributed by atoms with Crippen LogP contribution in [-0.4, -0.2) is 29.8 Å². The van der Waals surface area contributed by atoms with Gasteiger partial charge in [0.1, 0.15) is 0 Å². The van der Waals surface area contributed by atoms with Gasteiger partial charge in [0, 0.05) is 31.6 Å². The zero-order valence-corrected chi connectivity index (χ0v) is 14.8. The monoisotopic (exact) mass is 364 g/mol. The Balaban J connectivity index is 1.93. The minimum Gasteiger partial charge on any atom is -0.350 e. The van der Waals surface area contributed by atoms with Crippen molar-refractivity contribution in [3.05, 3.63) is 69.7 Å². The van der Waals surface area contributed by atoms with Crippen LogP contribution < -0.4 is 5.32 Å². The van der Waals surface area contributed by atoms with E-state index >= 15 is 0 Å². The fourth-order valence-corrected chi connectivity index (χ4v) is 2.64. The van der Waals surface area contributed by atoms with Gasteiger partial charge >= 0.3 is 0 Å². The lowest BCUT2D eigenvalue weighted by atomic mass is 10.2. The number of carbonyl (C=O) groups excluding carboxylic acids is 2. The molecule has 2 aromatic carbocycles. The Kier molecular flexibility index (Phi) is 6.64. The first kappa shape index (κ1) is 18.3. The highest BCUT2D eigenvalue weighted by Crippen LogP contribution is 2.17. The van der Waals surface area contributed by atoms with E-state index in [9.17, 15) is 9.59 Å². The maximum Gasteiger partial charge on any atom is 0.252 e. The van der Waals surface area contributed by atoms with Crippen molar-refractivity contribution in [3.8, 4) is 0 Å². The highest BCUT2D eigenvalue weighted by Gasteiger charge is 2.13. The predicted molar refractivity (Wildman–Crippen MR) is 96.3 cm³/mol. The third-order valence-electron chi connectivity index (χ3n) is 3.55. The molecule has 1 N–H and O–H groups in total. The molecule has 6 heteroatoms. The largest absolute Gasteiger partial charge is 0.350 e. The minimum atomic E-state index is -0.262. The van der Waals surface area contributed by atoms with Crippen molar-refractivity contribution in [1.29, 1.82) is 0 Å². The summed E-state index contributed by atoms with van der Waals surface area (Å²) in [5.74, 6) is -0.344. The summed E-state index contributed by atoms with van der Waals surface area (Å²) in [6.07, 6.45) is 0. The maximum absolute atomic E-state index is 12.1. The molecule has 0 aliphatic heterocycles. The molecule has 126 valence electrons. The normalized spacial score (nSPS) is 10.3.